The maximum absolute atomic E-state index is 11.3. The van der Waals surface area contributed by atoms with Gasteiger partial charge in [-0.25, -0.2) is 0 Å². The summed E-state index contributed by atoms with van der Waals surface area (Å²) in [7, 11) is 0. The average Bonchev–Trinajstić information content (AvgIpc) is 2.94. The number of hydrogen-bond acceptors (Lipinski definition) is 3. The number of furan rings is 1. The molecule has 0 saturated heterocycles. The lowest BCUT2D eigenvalue weighted by molar-refractivity contribution is 0.112. The molecule has 3 nitrogen and oxygen atoms in total. The van der Waals surface area contributed by atoms with E-state index in [0.29, 0.717) is 5.56 Å². The number of carbonyl (C=O) groups is 1. The molecule has 22 heavy (non-hydrogen) atoms. The van der Waals surface area contributed by atoms with Crippen LogP contribution in [0, 0.1) is 0 Å². The first-order chi connectivity index (χ1) is 10.8. The topological polar surface area (TPSA) is 33.5 Å². The average molecular weight is 295 g/mol. The van der Waals surface area contributed by atoms with Crippen molar-refractivity contribution in [3.63, 3.8) is 0 Å². The summed E-state index contributed by atoms with van der Waals surface area (Å²) in [6.45, 7) is 7.38. The lowest BCUT2D eigenvalue weighted by Crippen LogP contribution is -2.25. The summed E-state index contributed by atoms with van der Waals surface area (Å²) in [6.07, 6.45) is 1.81. The van der Waals surface area contributed by atoms with Crippen LogP contribution < -0.4 is 0 Å². The van der Waals surface area contributed by atoms with Gasteiger partial charge in [0.15, 0.2) is 0 Å². The lowest BCUT2D eigenvalue weighted by atomic mass is 10.0. The zero-order valence-electron chi connectivity index (χ0n) is 13.1. The van der Waals surface area contributed by atoms with Crippen LogP contribution in [-0.2, 0) is 6.42 Å². The van der Waals surface area contributed by atoms with Crippen molar-refractivity contribution < 1.29 is 9.21 Å². The molecule has 0 radical (unpaired) electrons. The first-order valence-electron chi connectivity index (χ1n) is 7.88. The van der Waals surface area contributed by atoms with E-state index in [2.05, 4.69) is 18.7 Å². The quantitative estimate of drug-likeness (QED) is 0.636. The molecule has 0 N–H and O–H groups in total. The Bertz CT molecular complexity index is 800. The highest BCUT2D eigenvalue weighted by atomic mass is 16.3. The fourth-order valence-corrected chi connectivity index (χ4v) is 2.99. The highest BCUT2D eigenvalue weighted by molar-refractivity contribution is 6.07. The zero-order chi connectivity index (χ0) is 15.5. The Morgan fingerprint density at radius 3 is 2.59 bits per heavy atom. The smallest absolute Gasteiger partial charge is 0.150 e. The van der Waals surface area contributed by atoms with Crippen molar-refractivity contribution >= 4 is 28.2 Å². The van der Waals surface area contributed by atoms with Crippen molar-refractivity contribution in [3.8, 4) is 0 Å². The number of benzene rings is 2. The minimum Gasteiger partial charge on any atom is -0.456 e. The molecule has 0 atom stereocenters. The van der Waals surface area contributed by atoms with Crippen molar-refractivity contribution in [2.75, 3.05) is 19.6 Å². The summed E-state index contributed by atoms with van der Waals surface area (Å²) >= 11 is 0. The third kappa shape index (κ3) is 2.64. The second-order valence-electron chi connectivity index (χ2n) is 5.55. The van der Waals surface area contributed by atoms with E-state index in [0.717, 1.165) is 59.8 Å². The van der Waals surface area contributed by atoms with Crippen molar-refractivity contribution in [2.45, 2.75) is 20.3 Å². The van der Waals surface area contributed by atoms with E-state index < -0.39 is 0 Å². The monoisotopic (exact) mass is 295 g/mol. The van der Waals surface area contributed by atoms with Gasteiger partial charge in [0.2, 0.25) is 0 Å². The number of hydrogen-bond donors (Lipinski definition) is 0. The molecule has 3 aromatic rings. The molecule has 0 aliphatic carbocycles. The molecule has 0 aliphatic heterocycles. The molecular weight excluding hydrogens is 274 g/mol. The van der Waals surface area contributed by atoms with Crippen LogP contribution >= 0.6 is 0 Å². The predicted molar refractivity (Wildman–Crippen MR) is 90.6 cm³/mol. The summed E-state index contributed by atoms with van der Waals surface area (Å²) in [5.74, 6) is 0. The summed E-state index contributed by atoms with van der Waals surface area (Å²) < 4.78 is 6.05. The number of rotatable bonds is 6. The van der Waals surface area contributed by atoms with Gasteiger partial charge in [-0.15, -0.1) is 0 Å². The molecule has 3 heteroatoms. The molecule has 1 heterocycles. The Kier molecular flexibility index (Phi) is 4.25. The molecule has 114 valence electrons. The molecule has 0 aliphatic rings. The Balaban J connectivity index is 2.09. The first-order valence-corrected chi connectivity index (χ1v) is 7.88. The maximum Gasteiger partial charge on any atom is 0.150 e. The summed E-state index contributed by atoms with van der Waals surface area (Å²) in [6, 6.07) is 11.9. The number of nitrogens with zero attached hydrogens (tertiary/aromatic N) is 1. The molecule has 0 fully saturated rings. The molecule has 2 aromatic carbocycles. The molecule has 0 saturated carbocycles. The molecule has 0 bridgehead atoms. The fourth-order valence-electron chi connectivity index (χ4n) is 2.99. The lowest BCUT2D eigenvalue weighted by Gasteiger charge is -2.17. The van der Waals surface area contributed by atoms with E-state index in [4.69, 9.17) is 4.42 Å². The van der Waals surface area contributed by atoms with Crippen LogP contribution in [0.25, 0.3) is 21.9 Å². The van der Waals surface area contributed by atoms with Gasteiger partial charge in [-0.05, 0) is 43.3 Å². The minimum atomic E-state index is 0.716. The highest BCUT2D eigenvalue weighted by Crippen LogP contribution is 2.32. The third-order valence-electron chi connectivity index (χ3n) is 4.31. The van der Waals surface area contributed by atoms with Crippen LogP contribution in [0.3, 0.4) is 0 Å². The van der Waals surface area contributed by atoms with Crippen molar-refractivity contribution in [1.82, 2.24) is 4.90 Å². The van der Waals surface area contributed by atoms with Crippen molar-refractivity contribution in [2.24, 2.45) is 0 Å². The number of aldehydes is 1. The largest absolute Gasteiger partial charge is 0.456 e. The van der Waals surface area contributed by atoms with Crippen LogP contribution in [0.2, 0.25) is 0 Å². The van der Waals surface area contributed by atoms with E-state index in [1.165, 1.54) is 0 Å². The van der Waals surface area contributed by atoms with Gasteiger partial charge in [0.1, 0.15) is 17.5 Å². The van der Waals surface area contributed by atoms with Gasteiger partial charge in [0, 0.05) is 22.9 Å². The van der Waals surface area contributed by atoms with Gasteiger partial charge in [0.25, 0.3) is 0 Å². The van der Waals surface area contributed by atoms with Gasteiger partial charge in [-0.1, -0.05) is 32.0 Å². The standard InChI is InChI=1S/C19H21NO2/c1-3-20(4-2)10-9-15-11-14(13-21)12-17-16-7-5-6-8-18(16)22-19(15)17/h5-8,11-13H,3-4,9-10H2,1-2H3. The zero-order valence-corrected chi connectivity index (χ0v) is 13.1. The Labute approximate surface area is 130 Å². The summed E-state index contributed by atoms with van der Waals surface area (Å²) in [5, 5.41) is 2.11. The van der Waals surface area contributed by atoms with Gasteiger partial charge >= 0.3 is 0 Å². The number of likely N-dealkylation sites (N-methyl/N-ethyl adjacent to an activating group) is 1. The molecular formula is C19H21NO2. The number of fused-ring (bicyclic) bond motifs is 3. The highest BCUT2D eigenvalue weighted by Gasteiger charge is 2.13. The van der Waals surface area contributed by atoms with E-state index in [1.54, 1.807) is 0 Å². The third-order valence-corrected chi connectivity index (χ3v) is 4.31. The molecule has 1 aromatic heterocycles. The van der Waals surface area contributed by atoms with Gasteiger partial charge in [-0.2, -0.15) is 0 Å². The Morgan fingerprint density at radius 1 is 1.09 bits per heavy atom. The normalized spacial score (nSPS) is 11.6. The van der Waals surface area contributed by atoms with Gasteiger partial charge in [0.05, 0.1) is 0 Å². The van der Waals surface area contributed by atoms with Crippen LogP contribution in [0.15, 0.2) is 40.8 Å². The summed E-state index contributed by atoms with van der Waals surface area (Å²) in [5.41, 5.74) is 3.62. The fraction of sp³-hybridized carbons (Fsp3) is 0.316. The molecule has 0 unspecified atom stereocenters. The van der Waals surface area contributed by atoms with Crippen LogP contribution in [0.5, 0.6) is 0 Å². The van der Waals surface area contributed by atoms with Crippen LogP contribution in [0.4, 0.5) is 0 Å². The van der Waals surface area contributed by atoms with Gasteiger partial charge in [-0.3, -0.25) is 4.79 Å². The SMILES string of the molecule is CCN(CC)CCc1cc(C=O)cc2c1oc1ccccc12. The molecule has 0 spiro atoms. The van der Waals surface area contributed by atoms with E-state index in [1.807, 2.05) is 36.4 Å². The second-order valence-corrected chi connectivity index (χ2v) is 5.55. The number of para-hydroxylation sites is 1. The van der Waals surface area contributed by atoms with Crippen molar-refractivity contribution in [1.29, 1.82) is 0 Å². The second kappa shape index (κ2) is 6.32. The Morgan fingerprint density at radius 2 is 1.86 bits per heavy atom. The van der Waals surface area contributed by atoms with Crippen molar-refractivity contribution in [3.05, 3.63) is 47.5 Å². The molecule has 0 amide bonds. The summed E-state index contributed by atoms with van der Waals surface area (Å²) in [4.78, 5) is 13.6. The maximum atomic E-state index is 11.3. The van der Waals surface area contributed by atoms with E-state index in [9.17, 15) is 4.79 Å². The molecule has 3 rings (SSSR count). The Hall–Kier alpha value is -2.13. The van der Waals surface area contributed by atoms with E-state index in [-0.39, 0.29) is 0 Å². The van der Waals surface area contributed by atoms with Crippen LogP contribution in [0.1, 0.15) is 29.8 Å². The first kappa shape index (κ1) is 14.8. The predicted octanol–water partition coefficient (Wildman–Crippen LogP) is 4.28. The number of carbonyl (C=O) groups excluding carboxylic acids is 1. The van der Waals surface area contributed by atoms with Gasteiger partial charge < -0.3 is 9.32 Å². The van der Waals surface area contributed by atoms with E-state index >= 15 is 0 Å². The minimum absolute atomic E-state index is 0.716. The van der Waals surface area contributed by atoms with Crippen LogP contribution in [-0.4, -0.2) is 30.8 Å².